The van der Waals surface area contributed by atoms with Gasteiger partial charge in [0.25, 0.3) is 0 Å². The van der Waals surface area contributed by atoms with Crippen molar-refractivity contribution in [2.45, 2.75) is 32.6 Å². The standard InChI is InChI=1S/C19H22F3NO2/c1-4-25-18-10-14(8-9-17(18)24-3)12-23-13(2)15-6-5-7-16(11-15)19(20,21)22/h5-11,13,23H,4,12H2,1-3H3. The molecule has 1 atom stereocenters. The van der Waals surface area contributed by atoms with Crippen molar-refractivity contribution < 1.29 is 22.6 Å². The molecule has 3 nitrogen and oxygen atoms in total. The first kappa shape index (κ1) is 19.1. The van der Waals surface area contributed by atoms with Gasteiger partial charge in [-0.25, -0.2) is 0 Å². The van der Waals surface area contributed by atoms with Crippen molar-refractivity contribution >= 4 is 0 Å². The third-order valence-electron chi connectivity index (χ3n) is 3.85. The minimum atomic E-state index is -4.34. The maximum absolute atomic E-state index is 12.8. The molecule has 0 heterocycles. The van der Waals surface area contributed by atoms with E-state index in [4.69, 9.17) is 9.47 Å². The van der Waals surface area contributed by atoms with Crippen LogP contribution in [-0.4, -0.2) is 13.7 Å². The molecule has 1 N–H and O–H groups in total. The zero-order valence-electron chi connectivity index (χ0n) is 14.5. The molecule has 6 heteroatoms. The molecule has 0 saturated carbocycles. The van der Waals surface area contributed by atoms with Crippen LogP contribution in [0, 0.1) is 0 Å². The molecular weight excluding hydrogens is 331 g/mol. The highest BCUT2D eigenvalue weighted by Crippen LogP contribution is 2.31. The monoisotopic (exact) mass is 353 g/mol. The second kappa shape index (κ2) is 8.25. The lowest BCUT2D eigenvalue weighted by molar-refractivity contribution is -0.137. The van der Waals surface area contributed by atoms with Crippen LogP contribution in [0.15, 0.2) is 42.5 Å². The molecule has 136 valence electrons. The molecule has 0 saturated heterocycles. The fraction of sp³-hybridized carbons (Fsp3) is 0.368. The zero-order valence-corrected chi connectivity index (χ0v) is 14.5. The van der Waals surface area contributed by atoms with Crippen LogP contribution in [0.2, 0.25) is 0 Å². The van der Waals surface area contributed by atoms with Gasteiger partial charge in [0.1, 0.15) is 0 Å². The molecule has 0 aliphatic heterocycles. The van der Waals surface area contributed by atoms with E-state index in [1.165, 1.54) is 12.1 Å². The Bertz CT molecular complexity index is 701. The Kier molecular flexibility index (Phi) is 6.31. The molecule has 0 aromatic heterocycles. The van der Waals surface area contributed by atoms with Gasteiger partial charge in [-0.2, -0.15) is 13.2 Å². The molecule has 0 fully saturated rings. The minimum absolute atomic E-state index is 0.222. The van der Waals surface area contributed by atoms with Crippen LogP contribution >= 0.6 is 0 Å². The lowest BCUT2D eigenvalue weighted by Crippen LogP contribution is -2.19. The van der Waals surface area contributed by atoms with Gasteiger partial charge >= 0.3 is 6.18 Å². The molecule has 0 spiro atoms. The van der Waals surface area contributed by atoms with Crippen LogP contribution in [0.1, 0.15) is 36.6 Å². The summed E-state index contributed by atoms with van der Waals surface area (Å²) in [6, 6.07) is 10.7. The second-order valence-corrected chi connectivity index (χ2v) is 5.64. The first-order valence-corrected chi connectivity index (χ1v) is 8.05. The summed E-state index contributed by atoms with van der Waals surface area (Å²) in [6.07, 6.45) is -4.34. The molecule has 2 aromatic rings. The maximum atomic E-state index is 12.8. The van der Waals surface area contributed by atoms with E-state index >= 15 is 0 Å². The van der Waals surface area contributed by atoms with Crippen LogP contribution in [0.3, 0.4) is 0 Å². The van der Waals surface area contributed by atoms with Crippen LogP contribution in [0.25, 0.3) is 0 Å². The summed E-state index contributed by atoms with van der Waals surface area (Å²) in [7, 11) is 1.57. The van der Waals surface area contributed by atoms with E-state index in [9.17, 15) is 13.2 Å². The van der Waals surface area contributed by atoms with E-state index in [1.807, 2.05) is 32.0 Å². The third kappa shape index (κ3) is 5.13. The molecule has 25 heavy (non-hydrogen) atoms. The fourth-order valence-electron chi connectivity index (χ4n) is 2.47. The second-order valence-electron chi connectivity index (χ2n) is 5.64. The largest absolute Gasteiger partial charge is 0.493 e. The Morgan fingerprint density at radius 2 is 1.84 bits per heavy atom. The van der Waals surface area contributed by atoms with Crippen LogP contribution in [0.5, 0.6) is 11.5 Å². The number of rotatable bonds is 7. The van der Waals surface area contributed by atoms with Crippen molar-refractivity contribution in [3.05, 3.63) is 59.2 Å². The predicted octanol–water partition coefficient (Wildman–Crippen LogP) is 4.96. The third-order valence-corrected chi connectivity index (χ3v) is 3.85. The van der Waals surface area contributed by atoms with Crippen molar-refractivity contribution in [2.24, 2.45) is 0 Å². The Morgan fingerprint density at radius 1 is 1.08 bits per heavy atom. The van der Waals surface area contributed by atoms with Crippen LogP contribution in [-0.2, 0) is 12.7 Å². The van der Waals surface area contributed by atoms with Crippen LogP contribution < -0.4 is 14.8 Å². The number of ether oxygens (including phenoxy) is 2. The molecule has 0 bridgehead atoms. The summed E-state index contributed by atoms with van der Waals surface area (Å²) in [5.41, 5.74) is 0.915. The number of methoxy groups -OCH3 is 1. The van der Waals surface area contributed by atoms with E-state index in [-0.39, 0.29) is 6.04 Å². The summed E-state index contributed by atoms with van der Waals surface area (Å²) in [5.74, 6) is 1.30. The molecular formula is C19H22F3NO2. The molecule has 2 rings (SSSR count). The topological polar surface area (TPSA) is 30.5 Å². The van der Waals surface area contributed by atoms with Gasteiger partial charge in [0.2, 0.25) is 0 Å². The van der Waals surface area contributed by atoms with Crippen molar-refractivity contribution in [3.63, 3.8) is 0 Å². The first-order chi connectivity index (χ1) is 11.8. The van der Waals surface area contributed by atoms with Crippen molar-refractivity contribution in [3.8, 4) is 11.5 Å². The number of halogens is 3. The van der Waals surface area contributed by atoms with Gasteiger partial charge < -0.3 is 14.8 Å². The number of benzene rings is 2. The van der Waals surface area contributed by atoms with E-state index < -0.39 is 11.7 Å². The van der Waals surface area contributed by atoms with Crippen molar-refractivity contribution in [1.82, 2.24) is 5.32 Å². The highest BCUT2D eigenvalue weighted by Gasteiger charge is 2.30. The highest BCUT2D eigenvalue weighted by molar-refractivity contribution is 5.43. The number of hydrogen-bond acceptors (Lipinski definition) is 3. The van der Waals surface area contributed by atoms with E-state index in [1.54, 1.807) is 13.2 Å². The molecule has 1 unspecified atom stereocenters. The summed E-state index contributed by atoms with van der Waals surface area (Å²) >= 11 is 0. The number of nitrogens with one attached hydrogen (secondary N) is 1. The summed E-state index contributed by atoms with van der Waals surface area (Å²) in [6.45, 7) is 4.75. The fourth-order valence-corrected chi connectivity index (χ4v) is 2.47. The SMILES string of the molecule is CCOc1cc(CNC(C)c2cccc(C(F)(F)F)c2)ccc1OC. The molecule has 0 aliphatic rings. The summed E-state index contributed by atoms with van der Waals surface area (Å²) in [4.78, 5) is 0. The van der Waals surface area contributed by atoms with Gasteiger partial charge in [0.15, 0.2) is 11.5 Å². The van der Waals surface area contributed by atoms with Crippen molar-refractivity contribution in [2.75, 3.05) is 13.7 Å². The van der Waals surface area contributed by atoms with Gasteiger partial charge in [-0.15, -0.1) is 0 Å². The number of hydrogen-bond donors (Lipinski definition) is 1. The van der Waals surface area contributed by atoms with Gasteiger partial charge in [-0.1, -0.05) is 18.2 Å². The molecule has 0 amide bonds. The van der Waals surface area contributed by atoms with E-state index in [0.29, 0.717) is 30.2 Å². The van der Waals surface area contributed by atoms with Gasteiger partial charge in [-0.3, -0.25) is 0 Å². The first-order valence-electron chi connectivity index (χ1n) is 8.05. The van der Waals surface area contributed by atoms with Crippen LogP contribution in [0.4, 0.5) is 13.2 Å². The quantitative estimate of drug-likeness (QED) is 0.763. The zero-order chi connectivity index (χ0) is 18.4. The van der Waals surface area contributed by atoms with Gasteiger partial charge in [0, 0.05) is 12.6 Å². The molecule has 0 aliphatic carbocycles. The Hall–Kier alpha value is -2.21. The average molecular weight is 353 g/mol. The summed E-state index contributed by atoms with van der Waals surface area (Å²) < 4.78 is 49.2. The predicted molar refractivity (Wildman–Crippen MR) is 90.9 cm³/mol. The molecule has 2 aromatic carbocycles. The molecule has 0 radical (unpaired) electrons. The van der Waals surface area contributed by atoms with Gasteiger partial charge in [-0.05, 0) is 49.2 Å². The van der Waals surface area contributed by atoms with E-state index in [0.717, 1.165) is 11.6 Å². The lowest BCUT2D eigenvalue weighted by atomic mass is 10.0. The lowest BCUT2D eigenvalue weighted by Gasteiger charge is -2.17. The smallest absolute Gasteiger partial charge is 0.416 e. The Balaban J connectivity index is 2.07. The number of alkyl halides is 3. The summed E-state index contributed by atoms with van der Waals surface area (Å²) in [5, 5.41) is 3.24. The average Bonchev–Trinajstić information content (AvgIpc) is 2.59. The van der Waals surface area contributed by atoms with Gasteiger partial charge in [0.05, 0.1) is 19.3 Å². The Morgan fingerprint density at radius 3 is 2.48 bits per heavy atom. The maximum Gasteiger partial charge on any atom is 0.416 e. The Labute approximate surface area is 145 Å². The van der Waals surface area contributed by atoms with Crippen molar-refractivity contribution in [1.29, 1.82) is 0 Å². The normalized spacial score (nSPS) is 12.7. The van der Waals surface area contributed by atoms with E-state index in [2.05, 4.69) is 5.32 Å². The minimum Gasteiger partial charge on any atom is -0.493 e. The highest BCUT2D eigenvalue weighted by atomic mass is 19.4.